The maximum atomic E-state index is 13.1. The maximum Gasteiger partial charge on any atom is 0.330 e. The lowest BCUT2D eigenvalue weighted by Gasteiger charge is -2.24. The van der Waals surface area contributed by atoms with Gasteiger partial charge in [-0.1, -0.05) is 62.0 Å². The molecule has 0 unspecified atom stereocenters. The molecule has 0 aliphatic rings. The Bertz CT molecular complexity index is 1000. The third kappa shape index (κ3) is 5.67. The van der Waals surface area contributed by atoms with Crippen molar-refractivity contribution in [2.24, 2.45) is 0 Å². The summed E-state index contributed by atoms with van der Waals surface area (Å²) in [7, 11) is 0. The van der Waals surface area contributed by atoms with Crippen LogP contribution in [-0.4, -0.2) is 22.0 Å². The summed E-state index contributed by atoms with van der Waals surface area (Å²) in [5.74, 6) is -0.250. The van der Waals surface area contributed by atoms with Gasteiger partial charge in [0, 0.05) is 19.5 Å². The van der Waals surface area contributed by atoms with Gasteiger partial charge in [-0.15, -0.1) is 0 Å². The Morgan fingerprint density at radius 3 is 2.53 bits per heavy atom. The van der Waals surface area contributed by atoms with Gasteiger partial charge in [-0.3, -0.25) is 19.1 Å². The molecule has 1 heterocycles. The number of hydrogen-bond acceptors (Lipinski definition) is 4. The molecule has 0 fully saturated rings. The second-order valence-corrected chi connectivity index (χ2v) is 7.90. The van der Waals surface area contributed by atoms with Gasteiger partial charge < -0.3 is 10.6 Å². The van der Waals surface area contributed by atoms with E-state index in [0.29, 0.717) is 36.0 Å². The van der Waals surface area contributed by atoms with Crippen LogP contribution >= 0.6 is 23.2 Å². The van der Waals surface area contributed by atoms with Crippen LogP contribution in [-0.2, 0) is 17.8 Å². The zero-order valence-electron chi connectivity index (χ0n) is 17.3. The summed E-state index contributed by atoms with van der Waals surface area (Å²) in [5.41, 5.74) is 5.76. The average Bonchev–Trinajstić information content (AvgIpc) is 2.71. The molecule has 9 heteroatoms. The van der Waals surface area contributed by atoms with Crippen LogP contribution in [0.15, 0.2) is 27.8 Å². The number of nitrogens with one attached hydrogen (secondary N) is 1. The molecule has 0 aliphatic carbocycles. The Morgan fingerprint density at radius 1 is 1.17 bits per heavy atom. The van der Waals surface area contributed by atoms with Gasteiger partial charge in [0.15, 0.2) is 5.69 Å². The van der Waals surface area contributed by atoms with Gasteiger partial charge in [0.05, 0.1) is 10.0 Å². The smallest absolute Gasteiger partial charge is 0.330 e. The van der Waals surface area contributed by atoms with Gasteiger partial charge in [0.25, 0.3) is 5.56 Å². The van der Waals surface area contributed by atoms with Crippen molar-refractivity contribution in [3.63, 3.8) is 0 Å². The van der Waals surface area contributed by atoms with E-state index in [9.17, 15) is 14.4 Å². The van der Waals surface area contributed by atoms with Crippen LogP contribution in [0.25, 0.3) is 0 Å². The van der Waals surface area contributed by atoms with Crippen LogP contribution < -0.4 is 21.9 Å². The molecule has 1 aromatic carbocycles. The van der Waals surface area contributed by atoms with E-state index in [1.54, 1.807) is 12.1 Å². The van der Waals surface area contributed by atoms with Gasteiger partial charge >= 0.3 is 5.69 Å². The van der Waals surface area contributed by atoms with E-state index in [2.05, 4.69) is 4.98 Å². The van der Waals surface area contributed by atoms with Crippen LogP contribution in [0.3, 0.4) is 0 Å². The second kappa shape index (κ2) is 11.2. The number of carbonyl (C=O) groups excluding carboxylic acids is 1. The SMILES string of the molecule is CCCCN(C(=O)CCc1cccc(Cl)c1Cl)c1c(N)n(CCCC)c(=O)[nH]c1=O. The van der Waals surface area contributed by atoms with E-state index in [1.807, 2.05) is 19.9 Å². The van der Waals surface area contributed by atoms with E-state index in [4.69, 9.17) is 28.9 Å². The first kappa shape index (κ1) is 24.0. The Morgan fingerprint density at radius 2 is 1.87 bits per heavy atom. The molecule has 0 aliphatic heterocycles. The van der Waals surface area contributed by atoms with Gasteiger partial charge in [-0.05, 0) is 30.9 Å². The Labute approximate surface area is 185 Å². The van der Waals surface area contributed by atoms with Gasteiger partial charge in [0.1, 0.15) is 5.82 Å². The number of unbranched alkanes of at least 4 members (excludes halogenated alkanes) is 2. The van der Waals surface area contributed by atoms with Crippen molar-refractivity contribution in [2.45, 2.75) is 58.9 Å². The predicted molar refractivity (Wildman–Crippen MR) is 123 cm³/mol. The van der Waals surface area contributed by atoms with E-state index in [-0.39, 0.29) is 23.8 Å². The molecule has 0 saturated carbocycles. The molecule has 1 amide bonds. The highest BCUT2D eigenvalue weighted by molar-refractivity contribution is 6.42. The first-order valence-corrected chi connectivity index (χ1v) is 10.9. The quantitative estimate of drug-likeness (QED) is 0.566. The molecule has 0 bridgehead atoms. The minimum atomic E-state index is -0.657. The number of nitrogens with zero attached hydrogens (tertiary/aromatic N) is 2. The molecule has 2 aromatic rings. The lowest BCUT2D eigenvalue weighted by molar-refractivity contribution is -0.118. The van der Waals surface area contributed by atoms with Gasteiger partial charge in [0.2, 0.25) is 5.91 Å². The molecule has 0 spiro atoms. The third-order valence-corrected chi connectivity index (χ3v) is 5.75. The lowest BCUT2D eigenvalue weighted by Crippen LogP contribution is -2.41. The summed E-state index contributed by atoms with van der Waals surface area (Å²) in [6, 6.07) is 5.27. The molecule has 2 rings (SSSR count). The summed E-state index contributed by atoms with van der Waals surface area (Å²) in [6.45, 7) is 4.69. The standard InChI is InChI=1S/C21H28Cl2N4O3/c1-3-5-12-26(16(28)11-10-14-8-7-9-15(22)17(14)23)18-19(24)27(13-6-4-2)21(30)25-20(18)29/h7-9H,3-6,10-13,24H2,1-2H3,(H,25,29,30). The van der Waals surface area contributed by atoms with Crippen molar-refractivity contribution in [3.05, 3.63) is 54.6 Å². The summed E-state index contributed by atoms with van der Waals surface area (Å²) < 4.78 is 1.32. The number of H-pyrrole nitrogens is 1. The van der Waals surface area contributed by atoms with Crippen molar-refractivity contribution in [2.75, 3.05) is 17.2 Å². The van der Waals surface area contributed by atoms with Crippen molar-refractivity contribution in [1.29, 1.82) is 0 Å². The Kier molecular flexibility index (Phi) is 8.99. The van der Waals surface area contributed by atoms with E-state index in [1.165, 1.54) is 9.47 Å². The number of aromatic nitrogens is 2. The largest absolute Gasteiger partial charge is 0.383 e. The number of nitrogens with two attached hydrogens (primary N) is 1. The first-order valence-electron chi connectivity index (χ1n) is 10.2. The Balaban J connectivity index is 2.37. The maximum absolute atomic E-state index is 13.1. The van der Waals surface area contributed by atoms with Gasteiger partial charge in [-0.25, -0.2) is 4.79 Å². The molecule has 0 radical (unpaired) electrons. The topological polar surface area (TPSA) is 101 Å². The number of rotatable bonds is 10. The van der Waals surface area contributed by atoms with Crippen molar-refractivity contribution in [3.8, 4) is 0 Å². The molecule has 164 valence electrons. The summed E-state index contributed by atoms with van der Waals surface area (Å²) in [4.78, 5) is 41.6. The second-order valence-electron chi connectivity index (χ2n) is 7.11. The van der Waals surface area contributed by atoms with E-state index >= 15 is 0 Å². The number of nitrogen functional groups attached to an aromatic ring is 1. The van der Waals surface area contributed by atoms with E-state index < -0.39 is 11.2 Å². The van der Waals surface area contributed by atoms with Crippen molar-refractivity contribution >= 4 is 40.6 Å². The van der Waals surface area contributed by atoms with Crippen LogP contribution in [0.4, 0.5) is 11.5 Å². The summed E-state index contributed by atoms with van der Waals surface area (Å²) >= 11 is 12.3. The number of hydrogen-bond donors (Lipinski definition) is 2. The molecule has 0 atom stereocenters. The first-order chi connectivity index (χ1) is 14.3. The van der Waals surface area contributed by atoms with Crippen molar-refractivity contribution < 1.29 is 4.79 Å². The number of benzene rings is 1. The minimum absolute atomic E-state index is 0.0161. The number of halogens is 2. The van der Waals surface area contributed by atoms with Gasteiger partial charge in [-0.2, -0.15) is 0 Å². The monoisotopic (exact) mass is 454 g/mol. The third-order valence-electron chi connectivity index (χ3n) is 4.90. The number of aromatic amines is 1. The fourth-order valence-corrected chi connectivity index (χ4v) is 3.59. The Hall–Kier alpha value is -2.25. The lowest BCUT2D eigenvalue weighted by atomic mass is 10.1. The van der Waals surface area contributed by atoms with Crippen LogP contribution in [0.5, 0.6) is 0 Å². The molecule has 3 N–H and O–H groups in total. The number of anilines is 2. The van der Waals surface area contributed by atoms with Crippen molar-refractivity contribution in [1.82, 2.24) is 9.55 Å². The highest BCUT2D eigenvalue weighted by atomic mass is 35.5. The number of amides is 1. The minimum Gasteiger partial charge on any atom is -0.383 e. The highest BCUT2D eigenvalue weighted by Gasteiger charge is 2.24. The molecule has 0 saturated heterocycles. The molecule has 7 nitrogen and oxygen atoms in total. The van der Waals surface area contributed by atoms with Crippen LogP contribution in [0, 0.1) is 0 Å². The average molecular weight is 455 g/mol. The highest BCUT2D eigenvalue weighted by Crippen LogP contribution is 2.27. The molecular weight excluding hydrogens is 427 g/mol. The summed E-state index contributed by atoms with van der Waals surface area (Å²) in [5, 5.41) is 0.839. The fraction of sp³-hybridized carbons (Fsp3) is 0.476. The molecule has 30 heavy (non-hydrogen) atoms. The van der Waals surface area contributed by atoms with Crippen LogP contribution in [0.1, 0.15) is 51.5 Å². The number of aryl methyl sites for hydroxylation is 1. The molecule has 1 aromatic heterocycles. The predicted octanol–water partition coefficient (Wildman–Crippen LogP) is 3.99. The fourth-order valence-electron chi connectivity index (χ4n) is 3.17. The zero-order chi connectivity index (χ0) is 22.3. The van der Waals surface area contributed by atoms with E-state index in [0.717, 1.165) is 24.8 Å². The molecular formula is C21H28Cl2N4O3. The van der Waals surface area contributed by atoms with Crippen LogP contribution in [0.2, 0.25) is 10.0 Å². The normalized spacial score (nSPS) is 10.9. The number of carbonyl (C=O) groups is 1. The summed E-state index contributed by atoms with van der Waals surface area (Å²) in [6.07, 6.45) is 3.60. The zero-order valence-corrected chi connectivity index (χ0v) is 18.9.